The van der Waals surface area contributed by atoms with Crippen LogP contribution < -0.4 is 0 Å². The van der Waals surface area contributed by atoms with Crippen molar-refractivity contribution in [2.75, 3.05) is 0 Å². The van der Waals surface area contributed by atoms with Crippen molar-refractivity contribution in [1.82, 2.24) is 4.98 Å². The number of rotatable bonds is 3. The topological polar surface area (TPSA) is 25.2 Å². The van der Waals surface area contributed by atoms with E-state index >= 15 is 0 Å². The van der Waals surface area contributed by atoms with Crippen LogP contribution in [0.1, 0.15) is 5.56 Å². The van der Waals surface area contributed by atoms with Crippen LogP contribution in [0.25, 0.3) is 11.3 Å². The summed E-state index contributed by atoms with van der Waals surface area (Å²) in [6.45, 7) is 0. The molecule has 3 aromatic rings. The van der Waals surface area contributed by atoms with Crippen molar-refractivity contribution in [2.24, 2.45) is 4.99 Å². The summed E-state index contributed by atoms with van der Waals surface area (Å²) in [5, 5.41) is 2.80. The molecule has 0 N–H and O–H groups in total. The maximum atomic E-state index is 4.52. The molecule has 0 atom stereocenters. The lowest BCUT2D eigenvalue weighted by molar-refractivity contribution is 1.36. The van der Waals surface area contributed by atoms with Gasteiger partial charge < -0.3 is 0 Å². The maximum Gasteiger partial charge on any atom is 0.209 e. The van der Waals surface area contributed by atoms with E-state index in [0.717, 1.165) is 26.4 Å². The second kappa shape index (κ2) is 6.11. The highest BCUT2D eigenvalue weighted by Crippen LogP contribution is 2.26. The van der Waals surface area contributed by atoms with Crippen molar-refractivity contribution in [3.8, 4) is 11.3 Å². The van der Waals surface area contributed by atoms with Gasteiger partial charge in [-0.2, -0.15) is 0 Å². The molecule has 2 aromatic carbocycles. The number of nitrogens with zero attached hydrogens (tertiary/aromatic N) is 2. The third kappa shape index (κ3) is 3.21. The Labute approximate surface area is 130 Å². The minimum absolute atomic E-state index is 0.770. The summed E-state index contributed by atoms with van der Waals surface area (Å²) in [6.07, 6.45) is 1.83. The van der Waals surface area contributed by atoms with Crippen LogP contribution in [0.5, 0.6) is 0 Å². The third-order valence-corrected chi connectivity index (χ3v) is 4.03. The van der Waals surface area contributed by atoms with Gasteiger partial charge in [0.1, 0.15) is 0 Å². The van der Waals surface area contributed by atoms with Gasteiger partial charge >= 0.3 is 0 Å². The molecule has 0 bridgehead atoms. The van der Waals surface area contributed by atoms with Gasteiger partial charge in [0.15, 0.2) is 0 Å². The average molecular weight is 343 g/mol. The predicted octanol–water partition coefficient (Wildman–Crippen LogP) is 5.32. The summed E-state index contributed by atoms with van der Waals surface area (Å²) < 4.78 is 1.07. The summed E-state index contributed by atoms with van der Waals surface area (Å²) in [7, 11) is 0. The van der Waals surface area contributed by atoms with Crippen molar-refractivity contribution in [1.29, 1.82) is 0 Å². The Balaban J connectivity index is 1.79. The average Bonchev–Trinajstić information content (AvgIpc) is 2.97. The molecular weight excluding hydrogens is 332 g/mol. The Morgan fingerprint density at radius 1 is 1.00 bits per heavy atom. The lowest BCUT2D eigenvalue weighted by Gasteiger charge is -1.93. The van der Waals surface area contributed by atoms with Crippen molar-refractivity contribution < 1.29 is 0 Å². The minimum atomic E-state index is 0.770. The summed E-state index contributed by atoms with van der Waals surface area (Å²) >= 11 is 4.96. The van der Waals surface area contributed by atoms with Crippen LogP contribution in [0.3, 0.4) is 0 Å². The Kier molecular flexibility index (Phi) is 4.04. The molecule has 2 nitrogen and oxygen atoms in total. The van der Waals surface area contributed by atoms with E-state index in [-0.39, 0.29) is 0 Å². The molecule has 4 heteroatoms. The molecule has 1 heterocycles. The zero-order valence-corrected chi connectivity index (χ0v) is 12.9. The van der Waals surface area contributed by atoms with Gasteiger partial charge in [0.05, 0.1) is 5.69 Å². The fourth-order valence-corrected chi connectivity index (χ4v) is 2.68. The van der Waals surface area contributed by atoms with Crippen LogP contribution in [0.2, 0.25) is 0 Å². The second-order valence-corrected chi connectivity index (χ2v) is 5.94. The summed E-state index contributed by atoms with van der Waals surface area (Å²) in [5.41, 5.74) is 3.15. The maximum absolute atomic E-state index is 4.52. The van der Waals surface area contributed by atoms with E-state index in [9.17, 15) is 0 Å². The molecule has 98 valence electrons. The van der Waals surface area contributed by atoms with E-state index < -0.39 is 0 Å². The van der Waals surface area contributed by atoms with Crippen molar-refractivity contribution in [3.05, 3.63) is 70.0 Å². The molecule has 0 saturated carbocycles. The quantitative estimate of drug-likeness (QED) is 0.591. The Morgan fingerprint density at radius 2 is 1.75 bits per heavy atom. The first-order valence-corrected chi connectivity index (χ1v) is 7.79. The first-order valence-electron chi connectivity index (χ1n) is 6.12. The largest absolute Gasteiger partial charge is 0.227 e. The highest BCUT2D eigenvalue weighted by atomic mass is 79.9. The van der Waals surface area contributed by atoms with E-state index in [1.807, 2.05) is 54.1 Å². The van der Waals surface area contributed by atoms with Crippen LogP contribution in [-0.2, 0) is 0 Å². The van der Waals surface area contributed by atoms with Crippen LogP contribution in [0.15, 0.2) is 69.4 Å². The Bertz CT molecular complexity index is 718. The smallest absolute Gasteiger partial charge is 0.209 e. The molecule has 0 fully saturated rings. The summed E-state index contributed by atoms with van der Waals surface area (Å²) in [6, 6.07) is 18.2. The lowest BCUT2D eigenvalue weighted by Crippen LogP contribution is -1.79. The molecule has 0 aliphatic carbocycles. The number of thiazole rings is 1. The molecule has 1 aromatic heterocycles. The molecule has 0 spiro atoms. The van der Waals surface area contributed by atoms with Gasteiger partial charge in [0.2, 0.25) is 5.13 Å². The van der Waals surface area contributed by atoms with Gasteiger partial charge in [0, 0.05) is 21.6 Å². The zero-order chi connectivity index (χ0) is 13.8. The second-order valence-electron chi connectivity index (χ2n) is 4.19. The van der Waals surface area contributed by atoms with Crippen LogP contribution in [0, 0.1) is 0 Å². The first kappa shape index (κ1) is 13.2. The van der Waals surface area contributed by atoms with Gasteiger partial charge in [-0.1, -0.05) is 58.4 Å². The highest BCUT2D eigenvalue weighted by molar-refractivity contribution is 9.10. The standard InChI is InChI=1S/C16H11BrN2S/c17-14-8-6-12(7-9-14)10-18-16-19-15(11-20-16)13-4-2-1-3-5-13/h1-11H. The molecule has 0 amide bonds. The molecule has 0 aliphatic rings. The molecule has 0 saturated heterocycles. The monoisotopic (exact) mass is 342 g/mol. The molecule has 0 radical (unpaired) electrons. The Morgan fingerprint density at radius 3 is 2.50 bits per heavy atom. The zero-order valence-electron chi connectivity index (χ0n) is 10.5. The molecule has 0 unspecified atom stereocenters. The van der Waals surface area contributed by atoms with Crippen molar-refractivity contribution in [3.63, 3.8) is 0 Å². The number of halogens is 1. The van der Waals surface area contributed by atoms with Crippen molar-refractivity contribution in [2.45, 2.75) is 0 Å². The fraction of sp³-hybridized carbons (Fsp3) is 0. The lowest BCUT2D eigenvalue weighted by atomic mass is 10.2. The summed E-state index contributed by atoms with van der Waals surface area (Å²) in [4.78, 5) is 8.94. The molecule has 20 heavy (non-hydrogen) atoms. The van der Waals surface area contributed by atoms with Gasteiger partial charge in [-0.3, -0.25) is 0 Å². The fourth-order valence-electron chi connectivity index (χ4n) is 1.74. The van der Waals surface area contributed by atoms with Crippen molar-refractivity contribution >= 4 is 38.6 Å². The van der Waals surface area contributed by atoms with Crippen LogP contribution in [0.4, 0.5) is 5.13 Å². The third-order valence-electron chi connectivity index (χ3n) is 2.76. The van der Waals surface area contributed by atoms with Gasteiger partial charge in [-0.05, 0) is 17.7 Å². The number of hydrogen-bond donors (Lipinski definition) is 0. The number of hydrogen-bond acceptors (Lipinski definition) is 3. The van der Waals surface area contributed by atoms with Gasteiger partial charge in [-0.25, -0.2) is 9.98 Å². The van der Waals surface area contributed by atoms with E-state index in [4.69, 9.17) is 0 Å². The molecular formula is C16H11BrN2S. The highest BCUT2D eigenvalue weighted by Gasteiger charge is 2.02. The van der Waals surface area contributed by atoms with E-state index in [0.29, 0.717) is 0 Å². The number of benzene rings is 2. The number of aliphatic imine (C=N–C) groups is 1. The minimum Gasteiger partial charge on any atom is -0.227 e. The van der Waals surface area contributed by atoms with Crippen LogP contribution in [-0.4, -0.2) is 11.2 Å². The predicted molar refractivity (Wildman–Crippen MR) is 88.9 cm³/mol. The first-order chi connectivity index (χ1) is 9.81. The van der Waals surface area contributed by atoms with E-state index in [2.05, 4.69) is 38.0 Å². The van der Waals surface area contributed by atoms with E-state index in [1.165, 1.54) is 0 Å². The number of aromatic nitrogens is 1. The molecule has 3 rings (SSSR count). The Hall–Kier alpha value is -1.78. The van der Waals surface area contributed by atoms with E-state index in [1.54, 1.807) is 11.3 Å². The van der Waals surface area contributed by atoms with Gasteiger partial charge in [0.25, 0.3) is 0 Å². The SMILES string of the molecule is Brc1ccc(C=Nc2nc(-c3ccccc3)cs2)cc1. The summed E-state index contributed by atoms with van der Waals surface area (Å²) in [5.74, 6) is 0. The van der Waals surface area contributed by atoms with Gasteiger partial charge in [-0.15, -0.1) is 11.3 Å². The normalized spacial score (nSPS) is 11.1. The van der Waals surface area contributed by atoms with Crippen LogP contribution >= 0.6 is 27.3 Å². The molecule has 0 aliphatic heterocycles.